The van der Waals surface area contributed by atoms with Gasteiger partial charge in [-0.3, -0.25) is 4.79 Å². The molecular formula is C20H17FN2O3S. The van der Waals surface area contributed by atoms with Gasteiger partial charge in [-0.05, 0) is 18.6 Å². The van der Waals surface area contributed by atoms with E-state index in [1.165, 1.54) is 6.07 Å². The van der Waals surface area contributed by atoms with Gasteiger partial charge < -0.3 is 10.1 Å². The minimum atomic E-state index is -0.497. The number of ether oxygens (including phenoxy) is 1. The zero-order chi connectivity index (χ0) is 19.2. The first-order valence-corrected chi connectivity index (χ1v) is 9.16. The molecule has 27 heavy (non-hydrogen) atoms. The van der Waals surface area contributed by atoms with Gasteiger partial charge >= 0.3 is 5.97 Å². The summed E-state index contributed by atoms with van der Waals surface area (Å²) in [4.78, 5) is 29.2. The van der Waals surface area contributed by atoms with Crippen molar-refractivity contribution in [1.82, 2.24) is 4.98 Å². The molecule has 1 amide bonds. The maximum Gasteiger partial charge on any atom is 0.350 e. The number of thiazole rings is 1. The van der Waals surface area contributed by atoms with Gasteiger partial charge in [-0.15, -0.1) is 0 Å². The Kier molecular flexibility index (Phi) is 5.93. The van der Waals surface area contributed by atoms with Gasteiger partial charge in [0, 0.05) is 5.56 Å². The number of nitrogens with zero attached hydrogens (tertiary/aromatic N) is 1. The predicted octanol–water partition coefficient (Wildman–Crippen LogP) is 4.31. The van der Waals surface area contributed by atoms with Crippen molar-refractivity contribution in [3.05, 3.63) is 70.9 Å². The molecule has 3 rings (SSSR count). The summed E-state index contributed by atoms with van der Waals surface area (Å²) in [7, 11) is 0. The van der Waals surface area contributed by atoms with E-state index in [1.807, 2.05) is 30.3 Å². The Labute approximate surface area is 159 Å². The fourth-order valence-electron chi connectivity index (χ4n) is 2.48. The lowest BCUT2D eigenvalue weighted by Gasteiger charge is -2.03. The Balaban J connectivity index is 1.84. The van der Waals surface area contributed by atoms with Crippen LogP contribution in [0.15, 0.2) is 54.6 Å². The number of carbonyl (C=O) groups is 2. The van der Waals surface area contributed by atoms with Crippen LogP contribution in [0, 0.1) is 5.82 Å². The highest BCUT2D eigenvalue weighted by Gasteiger charge is 2.21. The van der Waals surface area contributed by atoms with Gasteiger partial charge in [-0.25, -0.2) is 14.2 Å². The third kappa shape index (κ3) is 4.57. The van der Waals surface area contributed by atoms with Crippen LogP contribution in [0.4, 0.5) is 9.52 Å². The number of anilines is 1. The number of halogens is 1. The molecule has 3 aromatic rings. The van der Waals surface area contributed by atoms with Crippen LogP contribution in [0.3, 0.4) is 0 Å². The molecule has 0 aliphatic heterocycles. The molecule has 1 N–H and O–H groups in total. The molecule has 1 aromatic heterocycles. The van der Waals surface area contributed by atoms with Crippen molar-refractivity contribution in [2.24, 2.45) is 0 Å². The average molecular weight is 384 g/mol. The fourth-order valence-corrected chi connectivity index (χ4v) is 3.38. The second kappa shape index (κ2) is 8.55. The Morgan fingerprint density at radius 1 is 1.11 bits per heavy atom. The van der Waals surface area contributed by atoms with Crippen LogP contribution in [0.2, 0.25) is 0 Å². The molecule has 0 saturated carbocycles. The molecular weight excluding hydrogens is 367 g/mol. The van der Waals surface area contributed by atoms with E-state index >= 15 is 0 Å². The van der Waals surface area contributed by atoms with E-state index in [0.29, 0.717) is 16.1 Å². The summed E-state index contributed by atoms with van der Waals surface area (Å²) in [6.45, 7) is 1.96. The van der Waals surface area contributed by atoms with Gasteiger partial charge in [0.05, 0.1) is 18.7 Å². The summed E-state index contributed by atoms with van der Waals surface area (Å²) in [5.74, 6) is -1.35. The second-order valence-electron chi connectivity index (χ2n) is 5.60. The molecule has 2 aromatic carbocycles. The Morgan fingerprint density at radius 3 is 2.52 bits per heavy atom. The smallest absolute Gasteiger partial charge is 0.350 e. The normalized spacial score (nSPS) is 10.4. The number of rotatable bonds is 6. The molecule has 0 aliphatic carbocycles. The SMILES string of the molecule is CCOC(=O)c1sc(NC(=O)Cc2ccccc2F)nc1-c1ccccc1. The monoisotopic (exact) mass is 384 g/mol. The van der Waals surface area contributed by atoms with Crippen LogP contribution < -0.4 is 5.32 Å². The van der Waals surface area contributed by atoms with Crippen LogP contribution in [-0.4, -0.2) is 23.5 Å². The Morgan fingerprint density at radius 2 is 1.81 bits per heavy atom. The average Bonchev–Trinajstić information content (AvgIpc) is 3.08. The van der Waals surface area contributed by atoms with E-state index in [2.05, 4.69) is 10.3 Å². The lowest BCUT2D eigenvalue weighted by Crippen LogP contribution is -2.15. The molecule has 5 nitrogen and oxygen atoms in total. The summed E-state index contributed by atoms with van der Waals surface area (Å²) in [5, 5.41) is 2.90. The van der Waals surface area contributed by atoms with Gasteiger partial charge in [-0.2, -0.15) is 0 Å². The highest BCUT2D eigenvalue weighted by Crippen LogP contribution is 2.31. The minimum absolute atomic E-state index is 0.123. The molecule has 0 saturated heterocycles. The summed E-state index contributed by atoms with van der Waals surface area (Å²) in [6, 6.07) is 15.3. The zero-order valence-corrected chi connectivity index (χ0v) is 15.4. The standard InChI is InChI=1S/C20H17FN2O3S/c1-2-26-19(25)18-17(13-8-4-3-5-9-13)23-20(27-18)22-16(24)12-14-10-6-7-11-15(14)21/h3-11H,2,12H2,1H3,(H,22,23,24). The molecule has 0 bridgehead atoms. The topological polar surface area (TPSA) is 68.3 Å². The van der Waals surface area contributed by atoms with Crippen molar-refractivity contribution in [3.63, 3.8) is 0 Å². The first-order valence-electron chi connectivity index (χ1n) is 8.35. The predicted molar refractivity (Wildman–Crippen MR) is 102 cm³/mol. The van der Waals surface area contributed by atoms with Crippen LogP contribution in [0.25, 0.3) is 11.3 Å². The van der Waals surface area contributed by atoms with Crippen molar-refractivity contribution in [2.45, 2.75) is 13.3 Å². The first-order chi connectivity index (χ1) is 13.1. The molecule has 0 unspecified atom stereocenters. The van der Waals surface area contributed by atoms with E-state index in [-0.39, 0.29) is 18.2 Å². The van der Waals surface area contributed by atoms with Crippen molar-refractivity contribution in [3.8, 4) is 11.3 Å². The van der Waals surface area contributed by atoms with E-state index < -0.39 is 17.7 Å². The first kappa shape index (κ1) is 18.7. The van der Waals surface area contributed by atoms with E-state index in [4.69, 9.17) is 4.74 Å². The fraction of sp³-hybridized carbons (Fsp3) is 0.150. The van der Waals surface area contributed by atoms with Crippen LogP contribution in [0.5, 0.6) is 0 Å². The lowest BCUT2D eigenvalue weighted by atomic mass is 10.1. The van der Waals surface area contributed by atoms with E-state index in [1.54, 1.807) is 25.1 Å². The third-order valence-electron chi connectivity index (χ3n) is 3.69. The number of hydrogen-bond donors (Lipinski definition) is 1. The number of nitrogens with one attached hydrogen (secondary N) is 1. The molecule has 0 radical (unpaired) electrons. The summed E-state index contributed by atoms with van der Waals surface area (Å²) >= 11 is 1.03. The van der Waals surface area contributed by atoms with Crippen molar-refractivity contribution in [1.29, 1.82) is 0 Å². The van der Waals surface area contributed by atoms with Gasteiger partial charge in [-0.1, -0.05) is 59.9 Å². The molecule has 0 spiro atoms. The number of amides is 1. The molecule has 1 heterocycles. The summed E-state index contributed by atoms with van der Waals surface area (Å²) in [6.07, 6.45) is -0.123. The Bertz CT molecular complexity index is 957. The number of esters is 1. The maximum atomic E-state index is 13.7. The van der Waals surface area contributed by atoms with Crippen LogP contribution in [0.1, 0.15) is 22.2 Å². The van der Waals surface area contributed by atoms with Crippen LogP contribution >= 0.6 is 11.3 Å². The van der Waals surface area contributed by atoms with Gasteiger partial charge in [0.25, 0.3) is 0 Å². The third-order valence-corrected chi connectivity index (χ3v) is 4.64. The molecule has 7 heteroatoms. The van der Waals surface area contributed by atoms with Crippen molar-refractivity contribution >= 4 is 28.3 Å². The van der Waals surface area contributed by atoms with E-state index in [9.17, 15) is 14.0 Å². The maximum absolute atomic E-state index is 13.7. The zero-order valence-electron chi connectivity index (χ0n) is 14.6. The highest BCUT2D eigenvalue weighted by molar-refractivity contribution is 7.18. The lowest BCUT2D eigenvalue weighted by molar-refractivity contribution is -0.115. The molecule has 0 aliphatic rings. The number of benzene rings is 2. The van der Waals surface area contributed by atoms with Crippen molar-refractivity contribution in [2.75, 3.05) is 11.9 Å². The largest absolute Gasteiger partial charge is 0.462 e. The number of hydrogen-bond acceptors (Lipinski definition) is 5. The van der Waals surface area contributed by atoms with Crippen LogP contribution in [-0.2, 0) is 16.0 Å². The molecule has 0 fully saturated rings. The number of carbonyl (C=O) groups excluding carboxylic acids is 2. The van der Waals surface area contributed by atoms with E-state index in [0.717, 1.165) is 16.9 Å². The van der Waals surface area contributed by atoms with Crippen molar-refractivity contribution < 1.29 is 18.7 Å². The van der Waals surface area contributed by atoms with Gasteiger partial charge in [0.15, 0.2) is 5.13 Å². The number of aromatic nitrogens is 1. The second-order valence-corrected chi connectivity index (χ2v) is 6.60. The Hall–Kier alpha value is -3.06. The quantitative estimate of drug-likeness (QED) is 0.643. The minimum Gasteiger partial charge on any atom is -0.462 e. The highest BCUT2D eigenvalue weighted by atomic mass is 32.1. The summed E-state index contributed by atoms with van der Waals surface area (Å²) < 4.78 is 18.8. The molecule has 138 valence electrons. The van der Waals surface area contributed by atoms with Gasteiger partial charge in [0.1, 0.15) is 10.7 Å². The summed E-state index contributed by atoms with van der Waals surface area (Å²) in [5.41, 5.74) is 1.48. The van der Waals surface area contributed by atoms with Gasteiger partial charge in [0.2, 0.25) is 5.91 Å². The molecule has 0 atom stereocenters.